The minimum atomic E-state index is -1.93. The lowest BCUT2D eigenvalue weighted by atomic mass is 9.92. The Bertz CT molecular complexity index is 821. The molecule has 0 N–H and O–H groups in total. The molecule has 130 valence electrons. The third-order valence-electron chi connectivity index (χ3n) is 3.45. The molecule has 1 heterocycles. The molecule has 0 aromatic heterocycles. The van der Waals surface area contributed by atoms with Crippen LogP contribution in [0.3, 0.4) is 0 Å². The summed E-state index contributed by atoms with van der Waals surface area (Å²) in [5.74, 6) is -9.57. The lowest BCUT2D eigenvalue weighted by Gasteiger charge is -2.17. The molecule has 1 aliphatic heterocycles. The molecule has 2 rings (SSSR count). The van der Waals surface area contributed by atoms with E-state index in [9.17, 15) is 22.4 Å². The van der Waals surface area contributed by atoms with Gasteiger partial charge in [-0.3, -0.25) is 0 Å². The molecule has 1 aromatic rings. The molecule has 10 heteroatoms. The van der Waals surface area contributed by atoms with E-state index in [1.54, 1.807) is 0 Å². The number of cyclic esters (lactones) is 1. The van der Waals surface area contributed by atoms with Crippen LogP contribution in [0.4, 0.5) is 23.2 Å². The summed E-state index contributed by atoms with van der Waals surface area (Å²) in [6.07, 6.45) is 2.56. The first-order valence-electron chi connectivity index (χ1n) is 6.78. The molecular formula is C15H10F4N4O2. The van der Waals surface area contributed by atoms with Crippen LogP contribution in [0.2, 0.25) is 0 Å². The number of ether oxygens (including phenoxy) is 1. The molecule has 1 aliphatic rings. The summed E-state index contributed by atoms with van der Waals surface area (Å²) in [4.78, 5) is 18.0. The van der Waals surface area contributed by atoms with Crippen molar-refractivity contribution in [3.63, 3.8) is 0 Å². The Balaban J connectivity index is 2.71. The Morgan fingerprint density at radius 2 is 1.64 bits per heavy atom. The van der Waals surface area contributed by atoms with Gasteiger partial charge in [0.05, 0.1) is 0 Å². The van der Waals surface area contributed by atoms with Gasteiger partial charge in [0.15, 0.2) is 28.8 Å². The second-order valence-corrected chi connectivity index (χ2v) is 4.99. The molecule has 1 aromatic carbocycles. The van der Waals surface area contributed by atoms with Crippen molar-refractivity contribution in [1.29, 1.82) is 0 Å². The van der Waals surface area contributed by atoms with Gasteiger partial charge in [0.1, 0.15) is 11.3 Å². The minimum absolute atomic E-state index is 0.0492. The second-order valence-electron chi connectivity index (χ2n) is 4.99. The molecule has 0 radical (unpaired) electrons. The van der Waals surface area contributed by atoms with Gasteiger partial charge >= 0.3 is 5.97 Å². The maximum atomic E-state index is 14.2. The van der Waals surface area contributed by atoms with E-state index in [1.165, 1.54) is 12.2 Å². The van der Waals surface area contributed by atoms with Crippen molar-refractivity contribution in [3.05, 3.63) is 64.6 Å². The Morgan fingerprint density at radius 1 is 1.12 bits per heavy atom. The summed E-state index contributed by atoms with van der Waals surface area (Å²) in [5, 5.41) is 2.57. The Labute approximate surface area is 138 Å². The smallest absolute Gasteiger partial charge is 0.341 e. The number of carbonyl (C=O) groups excluding carboxylic acids is 1. The summed E-state index contributed by atoms with van der Waals surface area (Å²) in [6.45, 7) is 6.91. The number of carbonyl (C=O) groups is 1. The zero-order chi connectivity index (χ0) is 18.8. The van der Waals surface area contributed by atoms with E-state index >= 15 is 0 Å². The summed E-state index contributed by atoms with van der Waals surface area (Å²) in [7, 11) is 0. The molecule has 0 atom stereocenters. The molecular weight excluding hydrogens is 344 g/mol. The Kier molecular flexibility index (Phi) is 4.94. The van der Waals surface area contributed by atoms with Crippen LogP contribution in [0.15, 0.2) is 35.4 Å². The van der Waals surface area contributed by atoms with Crippen LogP contribution >= 0.6 is 0 Å². The monoisotopic (exact) mass is 354 g/mol. The van der Waals surface area contributed by atoms with Crippen LogP contribution in [0.25, 0.3) is 10.4 Å². The van der Waals surface area contributed by atoms with Gasteiger partial charge in [-0.25, -0.2) is 27.3 Å². The standard InChI is InChI=1S/C15H10F4N4O2/c1-3-5-15(6-4-2)14(24)25-13(21-15)7-8(16)10(18)12(22-23-20)11(19)9(7)17/h3-4H,1-2,5-6H2. The van der Waals surface area contributed by atoms with Gasteiger partial charge in [0.2, 0.25) is 5.90 Å². The van der Waals surface area contributed by atoms with E-state index in [0.29, 0.717) is 0 Å². The zero-order valence-electron chi connectivity index (χ0n) is 12.6. The predicted molar refractivity (Wildman–Crippen MR) is 80.1 cm³/mol. The van der Waals surface area contributed by atoms with Gasteiger partial charge in [-0.05, 0) is 5.53 Å². The van der Waals surface area contributed by atoms with Gasteiger partial charge in [-0.2, -0.15) is 0 Å². The van der Waals surface area contributed by atoms with Gasteiger partial charge in [-0.15, -0.1) is 13.2 Å². The maximum Gasteiger partial charge on any atom is 0.341 e. The zero-order valence-corrected chi connectivity index (χ0v) is 12.6. The molecule has 0 spiro atoms. The molecule has 0 aliphatic carbocycles. The maximum absolute atomic E-state index is 14.2. The van der Waals surface area contributed by atoms with Gasteiger partial charge in [-0.1, -0.05) is 17.3 Å². The number of hydrogen-bond donors (Lipinski definition) is 0. The summed E-state index contributed by atoms with van der Waals surface area (Å²) < 4.78 is 60.8. The van der Waals surface area contributed by atoms with E-state index in [0.717, 1.165) is 0 Å². The minimum Gasteiger partial charge on any atom is -0.405 e. The highest BCUT2D eigenvalue weighted by Gasteiger charge is 2.46. The number of esters is 1. The van der Waals surface area contributed by atoms with Crippen LogP contribution < -0.4 is 0 Å². The average Bonchev–Trinajstić information content (AvgIpc) is 2.87. The highest BCUT2D eigenvalue weighted by atomic mass is 19.2. The SMILES string of the molecule is C=CCC1(CC=C)N=C(c2c(F)c(F)c(N=[N+]=[N-])c(F)c2F)OC1=O. The molecule has 6 nitrogen and oxygen atoms in total. The summed E-state index contributed by atoms with van der Waals surface area (Å²) in [6, 6.07) is 0. The highest BCUT2D eigenvalue weighted by molar-refractivity contribution is 6.08. The molecule has 25 heavy (non-hydrogen) atoms. The van der Waals surface area contributed by atoms with E-state index in [1.807, 2.05) is 0 Å². The Morgan fingerprint density at radius 3 is 2.08 bits per heavy atom. The molecule has 0 unspecified atom stereocenters. The van der Waals surface area contributed by atoms with Crippen molar-refractivity contribution in [3.8, 4) is 0 Å². The topological polar surface area (TPSA) is 87.4 Å². The lowest BCUT2D eigenvalue weighted by molar-refractivity contribution is -0.138. The van der Waals surface area contributed by atoms with E-state index in [4.69, 9.17) is 10.3 Å². The fourth-order valence-electron chi connectivity index (χ4n) is 2.31. The normalized spacial score (nSPS) is 15.2. The van der Waals surface area contributed by atoms with E-state index in [-0.39, 0.29) is 12.8 Å². The van der Waals surface area contributed by atoms with Gasteiger partial charge in [0.25, 0.3) is 0 Å². The molecule has 0 saturated heterocycles. The van der Waals surface area contributed by atoms with Crippen molar-refractivity contribution < 1.29 is 27.1 Å². The van der Waals surface area contributed by atoms with Crippen molar-refractivity contribution >= 4 is 17.6 Å². The first kappa shape index (κ1) is 18.2. The predicted octanol–water partition coefficient (Wildman–Crippen LogP) is 4.38. The van der Waals surface area contributed by atoms with Crippen molar-refractivity contribution in [1.82, 2.24) is 0 Å². The highest BCUT2D eigenvalue weighted by Crippen LogP contribution is 2.35. The molecule has 0 amide bonds. The van der Waals surface area contributed by atoms with Crippen LogP contribution in [-0.4, -0.2) is 17.4 Å². The number of nitrogens with zero attached hydrogens (tertiary/aromatic N) is 4. The van der Waals surface area contributed by atoms with Gasteiger partial charge in [0, 0.05) is 17.8 Å². The molecule has 0 saturated carbocycles. The first-order valence-corrected chi connectivity index (χ1v) is 6.78. The van der Waals surface area contributed by atoms with E-state index in [2.05, 4.69) is 28.2 Å². The lowest BCUT2D eigenvalue weighted by Crippen LogP contribution is -2.32. The fourth-order valence-corrected chi connectivity index (χ4v) is 2.31. The number of rotatable bonds is 6. The Hall–Kier alpha value is -3.13. The fraction of sp³-hybridized carbons (Fsp3) is 0.200. The van der Waals surface area contributed by atoms with Crippen LogP contribution in [0.5, 0.6) is 0 Å². The molecule has 0 fully saturated rings. The first-order chi connectivity index (χ1) is 11.8. The average molecular weight is 354 g/mol. The molecule has 0 bridgehead atoms. The number of benzene rings is 1. The van der Waals surface area contributed by atoms with Crippen molar-refractivity contribution in [2.45, 2.75) is 18.4 Å². The van der Waals surface area contributed by atoms with Gasteiger partial charge < -0.3 is 4.74 Å². The number of halogens is 4. The van der Waals surface area contributed by atoms with Crippen molar-refractivity contribution in [2.24, 2.45) is 10.1 Å². The second kappa shape index (κ2) is 6.78. The summed E-state index contributed by atoms with van der Waals surface area (Å²) in [5.41, 5.74) is 3.86. The van der Waals surface area contributed by atoms with Crippen LogP contribution in [0.1, 0.15) is 18.4 Å². The third kappa shape index (κ3) is 2.87. The quantitative estimate of drug-likeness (QED) is 0.144. The number of azide groups is 1. The van der Waals surface area contributed by atoms with Crippen LogP contribution in [-0.2, 0) is 9.53 Å². The van der Waals surface area contributed by atoms with Crippen LogP contribution in [0, 0.1) is 23.3 Å². The largest absolute Gasteiger partial charge is 0.405 e. The summed E-state index contributed by atoms with van der Waals surface area (Å²) >= 11 is 0. The van der Waals surface area contributed by atoms with E-state index < -0.39 is 51.9 Å². The third-order valence-corrected chi connectivity index (χ3v) is 3.45. The van der Waals surface area contributed by atoms with Crippen molar-refractivity contribution in [2.75, 3.05) is 0 Å². The number of hydrogen-bond acceptors (Lipinski definition) is 4. The number of aliphatic imine (C=N–C) groups is 1.